The Morgan fingerprint density at radius 1 is 1.11 bits per heavy atom. The van der Waals surface area contributed by atoms with Crippen molar-refractivity contribution in [1.82, 2.24) is 4.90 Å². The largest absolute Gasteiger partial charge is 0.330 e. The molecule has 19 heavy (non-hydrogen) atoms. The van der Waals surface area contributed by atoms with Gasteiger partial charge >= 0.3 is 0 Å². The minimum Gasteiger partial charge on any atom is -0.330 e. The highest BCUT2D eigenvalue weighted by Crippen LogP contribution is 2.20. The van der Waals surface area contributed by atoms with E-state index >= 15 is 0 Å². The smallest absolute Gasteiger partial charge is 0.0233 e. The first-order chi connectivity index (χ1) is 9.07. The third-order valence-corrected chi connectivity index (χ3v) is 3.67. The molecule has 0 aliphatic heterocycles. The standard InChI is InChI=1S/C17H30N2/c1-4-12-19(13-8-11-17(2,3)15-18)14-16-9-6-5-7-10-16/h5-7,9-10H,4,8,11-15,18H2,1-3H3. The molecule has 0 aliphatic carbocycles. The van der Waals surface area contributed by atoms with Gasteiger partial charge in [-0.1, -0.05) is 51.1 Å². The lowest BCUT2D eigenvalue weighted by atomic mass is 9.88. The Bertz CT molecular complexity index is 332. The molecule has 0 radical (unpaired) electrons. The van der Waals surface area contributed by atoms with E-state index in [0.717, 1.165) is 13.1 Å². The normalized spacial score (nSPS) is 12.1. The van der Waals surface area contributed by atoms with Crippen molar-refractivity contribution in [2.75, 3.05) is 19.6 Å². The second-order valence-electron chi connectivity index (χ2n) is 6.23. The molecule has 0 heterocycles. The van der Waals surface area contributed by atoms with Gasteiger partial charge < -0.3 is 5.73 Å². The van der Waals surface area contributed by atoms with Crippen molar-refractivity contribution in [3.63, 3.8) is 0 Å². The van der Waals surface area contributed by atoms with Gasteiger partial charge in [-0.2, -0.15) is 0 Å². The monoisotopic (exact) mass is 262 g/mol. The molecule has 0 atom stereocenters. The van der Waals surface area contributed by atoms with Gasteiger partial charge in [0.1, 0.15) is 0 Å². The molecule has 2 nitrogen and oxygen atoms in total. The first-order valence-corrected chi connectivity index (χ1v) is 7.54. The maximum Gasteiger partial charge on any atom is 0.0233 e. The Kier molecular flexibility index (Phi) is 7.11. The van der Waals surface area contributed by atoms with Crippen LogP contribution in [0.4, 0.5) is 0 Å². The number of hydrogen-bond acceptors (Lipinski definition) is 2. The molecule has 0 amide bonds. The van der Waals surface area contributed by atoms with Crippen molar-refractivity contribution < 1.29 is 0 Å². The third-order valence-electron chi connectivity index (χ3n) is 3.67. The molecule has 2 N–H and O–H groups in total. The molecule has 0 aromatic heterocycles. The average Bonchev–Trinajstić information content (AvgIpc) is 2.40. The summed E-state index contributed by atoms with van der Waals surface area (Å²) < 4.78 is 0. The van der Waals surface area contributed by atoms with E-state index in [0.29, 0.717) is 0 Å². The van der Waals surface area contributed by atoms with Gasteiger partial charge in [0.05, 0.1) is 0 Å². The van der Waals surface area contributed by atoms with Gasteiger partial charge in [0, 0.05) is 6.54 Å². The van der Waals surface area contributed by atoms with Gasteiger partial charge in [-0.05, 0) is 49.9 Å². The summed E-state index contributed by atoms with van der Waals surface area (Å²) in [4.78, 5) is 2.56. The van der Waals surface area contributed by atoms with Crippen LogP contribution in [-0.4, -0.2) is 24.5 Å². The predicted molar refractivity (Wildman–Crippen MR) is 84.1 cm³/mol. The third kappa shape index (κ3) is 6.74. The van der Waals surface area contributed by atoms with E-state index in [9.17, 15) is 0 Å². The Labute approximate surface area is 119 Å². The molecule has 108 valence electrons. The molecule has 0 saturated heterocycles. The van der Waals surface area contributed by atoms with Crippen molar-refractivity contribution >= 4 is 0 Å². The van der Waals surface area contributed by atoms with Gasteiger partial charge in [0.15, 0.2) is 0 Å². The van der Waals surface area contributed by atoms with Gasteiger partial charge in [-0.25, -0.2) is 0 Å². The van der Waals surface area contributed by atoms with Crippen molar-refractivity contribution in [3.05, 3.63) is 35.9 Å². The van der Waals surface area contributed by atoms with Crippen molar-refractivity contribution in [2.45, 2.75) is 46.6 Å². The van der Waals surface area contributed by atoms with Crippen LogP contribution in [0.5, 0.6) is 0 Å². The molecule has 0 unspecified atom stereocenters. The number of rotatable bonds is 9. The number of benzene rings is 1. The summed E-state index contributed by atoms with van der Waals surface area (Å²) >= 11 is 0. The zero-order valence-electron chi connectivity index (χ0n) is 12.9. The summed E-state index contributed by atoms with van der Waals surface area (Å²) in [5, 5.41) is 0. The zero-order valence-corrected chi connectivity index (χ0v) is 12.9. The maximum absolute atomic E-state index is 5.79. The van der Waals surface area contributed by atoms with Gasteiger partial charge in [0.2, 0.25) is 0 Å². The summed E-state index contributed by atoms with van der Waals surface area (Å²) in [7, 11) is 0. The van der Waals surface area contributed by atoms with Crippen LogP contribution in [-0.2, 0) is 6.54 Å². The number of hydrogen-bond donors (Lipinski definition) is 1. The van der Waals surface area contributed by atoms with E-state index in [4.69, 9.17) is 5.73 Å². The first-order valence-electron chi connectivity index (χ1n) is 7.54. The van der Waals surface area contributed by atoms with Crippen LogP contribution in [0.25, 0.3) is 0 Å². The van der Waals surface area contributed by atoms with E-state index in [1.807, 2.05) is 0 Å². The molecule has 0 spiro atoms. The quantitative estimate of drug-likeness (QED) is 0.736. The Morgan fingerprint density at radius 2 is 1.79 bits per heavy atom. The van der Waals surface area contributed by atoms with Crippen LogP contribution in [0.3, 0.4) is 0 Å². The fourth-order valence-corrected chi connectivity index (χ4v) is 2.31. The number of nitrogens with two attached hydrogens (primary N) is 1. The van der Waals surface area contributed by atoms with E-state index in [-0.39, 0.29) is 5.41 Å². The van der Waals surface area contributed by atoms with Gasteiger partial charge in [0.25, 0.3) is 0 Å². The second kappa shape index (κ2) is 8.34. The van der Waals surface area contributed by atoms with Crippen molar-refractivity contribution in [3.8, 4) is 0 Å². The molecule has 0 fully saturated rings. The van der Waals surface area contributed by atoms with Crippen LogP contribution in [0.2, 0.25) is 0 Å². The Balaban J connectivity index is 2.40. The maximum atomic E-state index is 5.79. The van der Waals surface area contributed by atoms with Gasteiger partial charge in [-0.15, -0.1) is 0 Å². The second-order valence-corrected chi connectivity index (χ2v) is 6.23. The van der Waals surface area contributed by atoms with Crippen molar-refractivity contribution in [1.29, 1.82) is 0 Å². The Hall–Kier alpha value is -0.860. The highest BCUT2D eigenvalue weighted by Gasteiger charge is 2.15. The Morgan fingerprint density at radius 3 is 2.37 bits per heavy atom. The number of nitrogens with zero attached hydrogens (tertiary/aromatic N) is 1. The van der Waals surface area contributed by atoms with Crippen LogP contribution in [0.15, 0.2) is 30.3 Å². The van der Waals surface area contributed by atoms with Gasteiger partial charge in [-0.3, -0.25) is 4.90 Å². The van der Waals surface area contributed by atoms with E-state index in [1.54, 1.807) is 0 Å². The topological polar surface area (TPSA) is 29.3 Å². The first kappa shape index (κ1) is 16.2. The minimum atomic E-state index is 0.282. The molecular weight excluding hydrogens is 232 g/mol. The molecule has 0 aliphatic rings. The van der Waals surface area contributed by atoms with E-state index in [2.05, 4.69) is 56.0 Å². The summed E-state index contributed by atoms with van der Waals surface area (Å²) in [6, 6.07) is 10.8. The fraction of sp³-hybridized carbons (Fsp3) is 0.647. The molecule has 2 heteroatoms. The van der Waals surface area contributed by atoms with Crippen LogP contribution < -0.4 is 5.73 Å². The lowest BCUT2D eigenvalue weighted by molar-refractivity contribution is 0.236. The van der Waals surface area contributed by atoms with Crippen molar-refractivity contribution in [2.24, 2.45) is 11.1 Å². The molecule has 1 aromatic carbocycles. The molecule has 1 rings (SSSR count). The summed E-state index contributed by atoms with van der Waals surface area (Å²) in [5.41, 5.74) is 7.49. The predicted octanol–water partition coefficient (Wildman–Crippen LogP) is 3.66. The molecule has 0 bridgehead atoms. The summed E-state index contributed by atoms with van der Waals surface area (Å²) in [6.07, 6.45) is 3.66. The highest BCUT2D eigenvalue weighted by molar-refractivity contribution is 5.14. The average molecular weight is 262 g/mol. The molecular formula is C17H30N2. The van der Waals surface area contributed by atoms with Crippen LogP contribution in [0.1, 0.15) is 45.6 Å². The molecule has 1 aromatic rings. The zero-order chi connectivity index (χ0) is 14.1. The van der Waals surface area contributed by atoms with Crippen LogP contribution >= 0.6 is 0 Å². The van der Waals surface area contributed by atoms with E-state index < -0.39 is 0 Å². The summed E-state index contributed by atoms with van der Waals surface area (Å²) in [6.45, 7) is 11.0. The summed E-state index contributed by atoms with van der Waals surface area (Å²) in [5.74, 6) is 0. The lowest BCUT2D eigenvalue weighted by Gasteiger charge is -2.26. The SMILES string of the molecule is CCCN(CCCC(C)(C)CN)Cc1ccccc1. The highest BCUT2D eigenvalue weighted by atomic mass is 15.1. The molecule has 0 saturated carbocycles. The minimum absolute atomic E-state index is 0.282. The fourth-order valence-electron chi connectivity index (χ4n) is 2.31. The lowest BCUT2D eigenvalue weighted by Crippen LogP contribution is -2.28. The van der Waals surface area contributed by atoms with Crippen LogP contribution in [0, 0.1) is 5.41 Å². The van der Waals surface area contributed by atoms with E-state index in [1.165, 1.54) is 37.9 Å².